The van der Waals surface area contributed by atoms with Crippen LogP contribution in [0.25, 0.3) is 0 Å². The highest BCUT2D eigenvalue weighted by Gasteiger charge is 2.55. The van der Waals surface area contributed by atoms with E-state index < -0.39 is 29.3 Å². The number of carboxylic acids is 1. The van der Waals surface area contributed by atoms with Crippen LogP contribution < -0.4 is 5.32 Å². The molecule has 2 amide bonds. The minimum Gasteiger partial charge on any atom is -0.481 e. The van der Waals surface area contributed by atoms with E-state index in [2.05, 4.69) is 10.3 Å². The molecular weight excluding hydrogens is 339 g/mol. The van der Waals surface area contributed by atoms with Gasteiger partial charge in [-0.05, 0) is 30.9 Å². The first-order chi connectivity index (χ1) is 11.7. The molecule has 0 unspecified atom stereocenters. The summed E-state index contributed by atoms with van der Waals surface area (Å²) in [7, 11) is 0. The van der Waals surface area contributed by atoms with E-state index in [0.717, 1.165) is 18.9 Å². The van der Waals surface area contributed by atoms with Crippen LogP contribution in [-0.4, -0.2) is 40.1 Å². The highest BCUT2D eigenvalue weighted by Crippen LogP contribution is 2.48. The van der Waals surface area contributed by atoms with Crippen molar-refractivity contribution in [2.24, 2.45) is 11.3 Å². The number of aliphatic carboxylic acids is 1. The van der Waals surface area contributed by atoms with E-state index in [1.165, 1.54) is 17.0 Å². The number of carbonyl (C=O) groups is 2. The van der Waals surface area contributed by atoms with Gasteiger partial charge in [0.25, 0.3) is 0 Å². The van der Waals surface area contributed by atoms with Crippen molar-refractivity contribution in [1.29, 1.82) is 0 Å². The Morgan fingerprint density at radius 2 is 2.16 bits per heavy atom. The average molecular weight is 357 g/mol. The van der Waals surface area contributed by atoms with E-state index in [9.17, 15) is 27.9 Å². The lowest BCUT2D eigenvalue weighted by atomic mass is 9.81. The van der Waals surface area contributed by atoms with E-state index in [-0.39, 0.29) is 24.7 Å². The molecule has 0 radical (unpaired) electrons. The number of nitrogens with one attached hydrogen (secondary N) is 1. The van der Waals surface area contributed by atoms with Crippen molar-refractivity contribution in [3.8, 4) is 0 Å². The summed E-state index contributed by atoms with van der Waals surface area (Å²) < 4.78 is 37.9. The molecule has 2 heterocycles. The summed E-state index contributed by atoms with van der Waals surface area (Å²) in [6.45, 7) is 0.340. The molecule has 136 valence electrons. The summed E-state index contributed by atoms with van der Waals surface area (Å²) in [5.74, 6) is -0.952. The number of aromatic nitrogens is 1. The molecule has 0 spiro atoms. The first-order valence-electron chi connectivity index (χ1n) is 8.02. The maximum atomic E-state index is 12.6. The monoisotopic (exact) mass is 357 g/mol. The molecule has 1 aromatic rings. The number of hydrogen-bond donors (Lipinski definition) is 2. The smallest absolute Gasteiger partial charge is 0.433 e. The first-order valence-corrected chi connectivity index (χ1v) is 8.02. The summed E-state index contributed by atoms with van der Waals surface area (Å²) >= 11 is 0. The number of pyridine rings is 1. The Morgan fingerprint density at radius 3 is 2.80 bits per heavy atom. The third kappa shape index (κ3) is 3.27. The molecule has 0 bridgehead atoms. The van der Waals surface area contributed by atoms with Crippen LogP contribution in [0.2, 0.25) is 0 Å². The Hall–Kier alpha value is -2.32. The minimum atomic E-state index is -4.54. The maximum absolute atomic E-state index is 12.6. The number of rotatable bonds is 3. The van der Waals surface area contributed by atoms with E-state index in [4.69, 9.17) is 0 Å². The molecule has 2 aliphatic rings. The second-order valence-corrected chi connectivity index (χ2v) is 6.60. The fourth-order valence-corrected chi connectivity index (χ4v) is 3.81. The number of alkyl halides is 3. The highest BCUT2D eigenvalue weighted by atomic mass is 19.4. The molecule has 2 N–H and O–H groups in total. The Balaban J connectivity index is 1.62. The molecule has 1 aromatic heterocycles. The van der Waals surface area contributed by atoms with Crippen LogP contribution in [0.4, 0.5) is 18.0 Å². The Labute approximate surface area is 142 Å². The Morgan fingerprint density at radius 1 is 1.40 bits per heavy atom. The second-order valence-electron chi connectivity index (χ2n) is 6.60. The van der Waals surface area contributed by atoms with Crippen molar-refractivity contribution in [3.63, 3.8) is 0 Å². The largest absolute Gasteiger partial charge is 0.481 e. The molecule has 1 aliphatic heterocycles. The van der Waals surface area contributed by atoms with Crippen LogP contribution >= 0.6 is 0 Å². The fraction of sp³-hybridized carbons (Fsp3) is 0.562. The van der Waals surface area contributed by atoms with Gasteiger partial charge in [0.2, 0.25) is 0 Å². The lowest BCUT2D eigenvalue weighted by molar-refractivity contribution is -0.149. The normalized spacial score (nSPS) is 25.7. The number of fused-ring (bicyclic) bond motifs is 1. The van der Waals surface area contributed by atoms with Crippen molar-refractivity contribution in [1.82, 2.24) is 15.2 Å². The third-order valence-corrected chi connectivity index (χ3v) is 5.10. The van der Waals surface area contributed by atoms with Gasteiger partial charge < -0.3 is 15.3 Å². The Bertz CT molecular complexity index is 695. The van der Waals surface area contributed by atoms with Gasteiger partial charge >= 0.3 is 18.2 Å². The summed E-state index contributed by atoms with van der Waals surface area (Å²) in [6, 6.07) is 3.02. The molecule has 0 aromatic carbocycles. The second kappa shape index (κ2) is 6.20. The Kier molecular flexibility index (Phi) is 4.34. The van der Waals surface area contributed by atoms with Gasteiger partial charge in [0, 0.05) is 13.1 Å². The predicted molar refractivity (Wildman–Crippen MR) is 80.5 cm³/mol. The van der Waals surface area contributed by atoms with Crippen molar-refractivity contribution in [3.05, 3.63) is 29.6 Å². The SMILES string of the molecule is O=C(NCc1cccc(C(F)(F)F)n1)N1C[C@@H]2CCC[C@@]2(C(=O)O)C1. The van der Waals surface area contributed by atoms with Crippen molar-refractivity contribution >= 4 is 12.0 Å². The van der Waals surface area contributed by atoms with E-state index in [1.807, 2.05) is 0 Å². The van der Waals surface area contributed by atoms with Gasteiger partial charge in [-0.3, -0.25) is 4.79 Å². The molecule has 3 rings (SSSR count). The topological polar surface area (TPSA) is 82.5 Å². The van der Waals surface area contributed by atoms with Gasteiger partial charge in [0.05, 0.1) is 17.7 Å². The van der Waals surface area contributed by atoms with Gasteiger partial charge in [-0.2, -0.15) is 13.2 Å². The molecule has 6 nitrogen and oxygen atoms in total. The number of likely N-dealkylation sites (tertiary alicyclic amines) is 1. The van der Waals surface area contributed by atoms with E-state index in [0.29, 0.717) is 13.0 Å². The van der Waals surface area contributed by atoms with Crippen molar-refractivity contribution < 1.29 is 27.9 Å². The molecule has 1 saturated carbocycles. The van der Waals surface area contributed by atoms with Gasteiger partial charge in [0.15, 0.2) is 0 Å². The molecule has 25 heavy (non-hydrogen) atoms. The predicted octanol–water partition coefficient (Wildman–Crippen LogP) is 2.50. The molecule has 2 fully saturated rings. The number of amides is 2. The molecular formula is C16H18F3N3O3. The van der Waals surface area contributed by atoms with Crippen molar-refractivity contribution in [2.45, 2.75) is 32.0 Å². The lowest BCUT2D eigenvalue weighted by Crippen LogP contribution is -2.41. The highest BCUT2D eigenvalue weighted by molar-refractivity contribution is 5.80. The van der Waals surface area contributed by atoms with Gasteiger partial charge in [0.1, 0.15) is 5.69 Å². The standard InChI is InChI=1S/C16H18F3N3O3/c17-16(18,19)12-5-1-4-11(21-12)7-20-14(25)22-8-10-3-2-6-15(10,9-22)13(23)24/h1,4-5,10H,2-3,6-9H2,(H,20,25)(H,23,24)/t10-,15+/m0/s1. The van der Waals surface area contributed by atoms with Crippen molar-refractivity contribution in [2.75, 3.05) is 13.1 Å². The van der Waals surface area contributed by atoms with Crippen LogP contribution in [0.3, 0.4) is 0 Å². The zero-order chi connectivity index (χ0) is 18.2. The minimum absolute atomic E-state index is 0.0672. The number of halogens is 3. The summed E-state index contributed by atoms with van der Waals surface area (Å²) in [5.41, 5.74) is -1.80. The van der Waals surface area contributed by atoms with Crippen LogP contribution in [0.1, 0.15) is 30.7 Å². The number of nitrogens with zero attached hydrogens (tertiary/aromatic N) is 2. The quantitative estimate of drug-likeness (QED) is 0.871. The lowest BCUT2D eigenvalue weighted by Gasteiger charge is -2.23. The molecule has 1 saturated heterocycles. The van der Waals surface area contributed by atoms with Crippen LogP contribution in [0, 0.1) is 11.3 Å². The zero-order valence-corrected chi connectivity index (χ0v) is 13.3. The fourth-order valence-electron chi connectivity index (χ4n) is 3.81. The molecule has 1 aliphatic carbocycles. The van der Waals surface area contributed by atoms with Crippen LogP contribution in [0.15, 0.2) is 18.2 Å². The van der Waals surface area contributed by atoms with E-state index >= 15 is 0 Å². The zero-order valence-electron chi connectivity index (χ0n) is 13.3. The maximum Gasteiger partial charge on any atom is 0.433 e. The van der Waals surface area contributed by atoms with Gasteiger partial charge in [-0.25, -0.2) is 9.78 Å². The number of hydrogen-bond acceptors (Lipinski definition) is 3. The molecule has 9 heteroatoms. The third-order valence-electron chi connectivity index (χ3n) is 5.10. The average Bonchev–Trinajstić information content (AvgIpc) is 3.10. The van der Waals surface area contributed by atoms with Gasteiger partial charge in [-0.15, -0.1) is 0 Å². The van der Waals surface area contributed by atoms with Crippen LogP contribution in [0.5, 0.6) is 0 Å². The van der Waals surface area contributed by atoms with Crippen LogP contribution in [-0.2, 0) is 17.5 Å². The summed E-state index contributed by atoms with van der Waals surface area (Å²) in [5, 5.41) is 12.0. The van der Waals surface area contributed by atoms with Gasteiger partial charge in [-0.1, -0.05) is 12.5 Å². The molecule has 2 atom stereocenters. The summed E-state index contributed by atoms with van der Waals surface area (Å²) in [4.78, 5) is 28.8. The van der Waals surface area contributed by atoms with E-state index in [1.54, 1.807) is 0 Å². The summed E-state index contributed by atoms with van der Waals surface area (Å²) in [6.07, 6.45) is -2.39. The number of carboxylic acid groups (broad SMARTS) is 1. The number of carbonyl (C=O) groups excluding carboxylic acids is 1. The first kappa shape index (κ1) is 17.5. The number of urea groups is 1.